The van der Waals surface area contributed by atoms with Gasteiger partial charge in [-0.15, -0.1) is 0 Å². The third-order valence-electron chi connectivity index (χ3n) is 7.11. The minimum Gasteiger partial charge on any atom is -0.476 e. The number of amides is 1. The fraction of sp³-hybridized carbons (Fsp3) is 0.500. The van der Waals surface area contributed by atoms with E-state index in [-0.39, 0.29) is 5.91 Å². The van der Waals surface area contributed by atoms with Crippen molar-refractivity contribution in [1.29, 1.82) is 0 Å². The summed E-state index contributed by atoms with van der Waals surface area (Å²) < 4.78 is 11.3. The van der Waals surface area contributed by atoms with Gasteiger partial charge in [0.1, 0.15) is 17.1 Å². The summed E-state index contributed by atoms with van der Waals surface area (Å²) in [4.78, 5) is 32.7. The van der Waals surface area contributed by atoms with E-state index in [1.54, 1.807) is 20.8 Å². The van der Waals surface area contributed by atoms with Gasteiger partial charge in [-0.2, -0.15) is 0 Å². The molecule has 0 bridgehead atoms. The zero-order valence-electron chi connectivity index (χ0n) is 22.0. The number of nitrogens with zero attached hydrogens (tertiary/aromatic N) is 2. The minimum atomic E-state index is -1.10. The lowest BCUT2D eigenvalue weighted by Gasteiger charge is -2.25. The fourth-order valence-corrected chi connectivity index (χ4v) is 5.09. The van der Waals surface area contributed by atoms with Crippen molar-refractivity contribution in [2.45, 2.75) is 90.3 Å². The summed E-state index contributed by atoms with van der Waals surface area (Å²) in [6.45, 7) is 8.23. The second-order valence-electron chi connectivity index (χ2n) is 10.3. The molecule has 1 aliphatic heterocycles. The third-order valence-corrected chi connectivity index (χ3v) is 7.11. The highest BCUT2D eigenvalue weighted by Gasteiger charge is 2.49. The molecule has 0 saturated heterocycles. The van der Waals surface area contributed by atoms with E-state index in [0.717, 1.165) is 67.5 Å². The molecule has 0 unspecified atom stereocenters. The maximum absolute atomic E-state index is 13.4. The number of aliphatic imine (C=N–C) groups is 1. The molecular formula is C30H38N2O4. The lowest BCUT2D eigenvalue weighted by atomic mass is 9.98. The second kappa shape index (κ2) is 10.9. The van der Waals surface area contributed by atoms with Crippen LogP contribution >= 0.6 is 0 Å². The maximum atomic E-state index is 13.4. The molecule has 1 spiro atoms. The molecule has 36 heavy (non-hydrogen) atoms. The highest BCUT2D eigenvalue weighted by Crippen LogP contribution is 2.40. The van der Waals surface area contributed by atoms with E-state index in [1.807, 2.05) is 41.3 Å². The molecule has 6 heteroatoms. The predicted molar refractivity (Wildman–Crippen MR) is 142 cm³/mol. The number of hydrogen-bond donors (Lipinski definition) is 0. The molecular weight excluding hydrogens is 452 g/mol. The summed E-state index contributed by atoms with van der Waals surface area (Å²) in [7, 11) is 0. The maximum Gasteiger partial charge on any atom is 0.349 e. The van der Waals surface area contributed by atoms with Gasteiger partial charge in [-0.05, 0) is 57.2 Å². The molecule has 2 aromatic rings. The highest BCUT2D eigenvalue weighted by atomic mass is 16.6. The van der Waals surface area contributed by atoms with Crippen molar-refractivity contribution < 1.29 is 19.1 Å². The number of benzene rings is 2. The Morgan fingerprint density at radius 2 is 1.75 bits per heavy atom. The van der Waals surface area contributed by atoms with Gasteiger partial charge in [0.15, 0.2) is 5.60 Å². The second-order valence-corrected chi connectivity index (χ2v) is 10.3. The van der Waals surface area contributed by atoms with Gasteiger partial charge in [0.25, 0.3) is 5.91 Å². The summed E-state index contributed by atoms with van der Waals surface area (Å²) >= 11 is 0. The fourth-order valence-electron chi connectivity index (χ4n) is 5.09. The first kappa shape index (κ1) is 25.9. The third kappa shape index (κ3) is 5.32. The van der Waals surface area contributed by atoms with Crippen LogP contribution in [0.1, 0.15) is 78.2 Å². The standard InChI is InChI=1S/C30H38N2O4/c1-5-7-14-26-31-30(19-10-11-20-30)27(33)32(26)21-22-15-17-23(18-16-22)24-12-8-9-13-25(24)36-29(3,4)28(34)35-6-2/h8-9,12-13,15-18H,5-7,10-11,14,19-21H2,1-4H3. The molecule has 4 rings (SSSR count). The van der Waals surface area contributed by atoms with E-state index in [0.29, 0.717) is 18.9 Å². The first-order valence-electron chi connectivity index (χ1n) is 13.2. The molecule has 0 aromatic heterocycles. The van der Waals surface area contributed by atoms with Gasteiger partial charge in [0.2, 0.25) is 0 Å². The minimum absolute atomic E-state index is 0.176. The predicted octanol–water partition coefficient (Wildman–Crippen LogP) is 6.32. The Kier molecular flexibility index (Phi) is 7.82. The van der Waals surface area contributed by atoms with Crippen LogP contribution in [0.2, 0.25) is 0 Å². The largest absolute Gasteiger partial charge is 0.476 e. The highest BCUT2D eigenvalue weighted by molar-refractivity contribution is 6.08. The number of para-hydroxylation sites is 1. The SMILES string of the molecule is CCCCC1=NC2(CCCC2)C(=O)N1Cc1ccc(-c2ccccc2OC(C)(C)C(=O)OCC)cc1. The van der Waals surface area contributed by atoms with Gasteiger partial charge in [0, 0.05) is 12.0 Å². The van der Waals surface area contributed by atoms with Crippen molar-refractivity contribution in [1.82, 2.24) is 4.90 Å². The number of carbonyl (C=O) groups excluding carboxylic acids is 2. The lowest BCUT2D eigenvalue weighted by molar-refractivity contribution is -0.158. The average Bonchev–Trinajstić information content (AvgIpc) is 3.44. The van der Waals surface area contributed by atoms with E-state index < -0.39 is 17.1 Å². The number of carbonyl (C=O) groups is 2. The number of rotatable bonds is 10. The summed E-state index contributed by atoms with van der Waals surface area (Å²) in [5.41, 5.74) is 1.33. The van der Waals surface area contributed by atoms with Crippen LogP contribution < -0.4 is 4.74 Å². The molecule has 1 amide bonds. The molecule has 0 N–H and O–H groups in total. The molecule has 6 nitrogen and oxygen atoms in total. The summed E-state index contributed by atoms with van der Waals surface area (Å²) in [5.74, 6) is 1.35. The molecule has 2 aromatic carbocycles. The Morgan fingerprint density at radius 1 is 1.06 bits per heavy atom. The van der Waals surface area contributed by atoms with Crippen LogP contribution in [-0.2, 0) is 20.9 Å². The first-order chi connectivity index (χ1) is 17.3. The first-order valence-corrected chi connectivity index (χ1v) is 13.2. The van der Waals surface area contributed by atoms with Gasteiger partial charge in [-0.1, -0.05) is 68.7 Å². The topological polar surface area (TPSA) is 68.2 Å². The van der Waals surface area contributed by atoms with Crippen molar-refractivity contribution >= 4 is 17.7 Å². The molecule has 1 saturated carbocycles. The molecule has 0 atom stereocenters. The average molecular weight is 491 g/mol. The summed E-state index contributed by atoms with van der Waals surface area (Å²) in [6, 6.07) is 15.9. The van der Waals surface area contributed by atoms with Gasteiger partial charge in [-0.3, -0.25) is 14.7 Å². The Morgan fingerprint density at radius 3 is 2.42 bits per heavy atom. The van der Waals surface area contributed by atoms with E-state index in [9.17, 15) is 9.59 Å². The summed E-state index contributed by atoms with van der Waals surface area (Å²) in [5, 5.41) is 0. The van der Waals surface area contributed by atoms with Crippen molar-refractivity contribution in [3.05, 3.63) is 54.1 Å². The van der Waals surface area contributed by atoms with E-state index in [4.69, 9.17) is 14.5 Å². The zero-order chi connectivity index (χ0) is 25.8. The Hall–Kier alpha value is -3.15. The molecule has 2 aliphatic rings. The van der Waals surface area contributed by atoms with E-state index >= 15 is 0 Å². The van der Waals surface area contributed by atoms with Crippen LogP contribution in [0, 0.1) is 0 Å². The van der Waals surface area contributed by atoms with Crippen molar-refractivity contribution in [3.8, 4) is 16.9 Å². The molecule has 1 heterocycles. The summed E-state index contributed by atoms with van der Waals surface area (Å²) in [6.07, 6.45) is 6.86. The van der Waals surface area contributed by atoms with Crippen LogP contribution in [-0.4, -0.2) is 40.4 Å². The number of hydrogen-bond acceptors (Lipinski definition) is 5. The molecule has 192 valence electrons. The van der Waals surface area contributed by atoms with Gasteiger partial charge in [-0.25, -0.2) is 4.79 Å². The Labute approximate surface area is 214 Å². The van der Waals surface area contributed by atoms with Crippen LogP contribution in [0.25, 0.3) is 11.1 Å². The molecule has 1 fully saturated rings. The zero-order valence-corrected chi connectivity index (χ0v) is 22.0. The quantitative estimate of drug-likeness (QED) is 0.366. The Bertz CT molecular complexity index is 1110. The van der Waals surface area contributed by atoms with Crippen LogP contribution in [0.3, 0.4) is 0 Å². The van der Waals surface area contributed by atoms with Crippen molar-refractivity contribution in [2.24, 2.45) is 4.99 Å². The number of amidine groups is 1. The lowest BCUT2D eigenvalue weighted by Crippen LogP contribution is -2.40. The number of esters is 1. The normalized spacial score (nSPS) is 16.9. The monoisotopic (exact) mass is 490 g/mol. The number of unbranched alkanes of at least 4 members (excludes halogenated alkanes) is 1. The smallest absolute Gasteiger partial charge is 0.349 e. The number of ether oxygens (including phenoxy) is 2. The van der Waals surface area contributed by atoms with Gasteiger partial charge >= 0.3 is 5.97 Å². The van der Waals surface area contributed by atoms with Crippen molar-refractivity contribution in [2.75, 3.05) is 6.61 Å². The van der Waals surface area contributed by atoms with E-state index in [2.05, 4.69) is 19.1 Å². The van der Waals surface area contributed by atoms with Crippen LogP contribution in [0.15, 0.2) is 53.5 Å². The molecule has 1 aliphatic carbocycles. The van der Waals surface area contributed by atoms with Crippen LogP contribution in [0.4, 0.5) is 0 Å². The van der Waals surface area contributed by atoms with E-state index in [1.165, 1.54) is 0 Å². The van der Waals surface area contributed by atoms with Gasteiger partial charge < -0.3 is 9.47 Å². The Balaban J connectivity index is 1.53. The van der Waals surface area contributed by atoms with Crippen LogP contribution in [0.5, 0.6) is 5.75 Å². The molecule has 0 radical (unpaired) electrons. The van der Waals surface area contributed by atoms with Crippen molar-refractivity contribution in [3.63, 3.8) is 0 Å². The van der Waals surface area contributed by atoms with Gasteiger partial charge in [0.05, 0.1) is 13.2 Å².